The lowest BCUT2D eigenvalue weighted by Crippen LogP contribution is -2.44. The Kier molecular flexibility index (Phi) is 7.67. The summed E-state index contributed by atoms with van der Waals surface area (Å²) >= 11 is 0. The van der Waals surface area contributed by atoms with Crippen molar-refractivity contribution in [2.45, 2.75) is 45.0 Å². The van der Waals surface area contributed by atoms with Crippen LogP contribution in [0.1, 0.15) is 49.9 Å². The molecule has 0 spiro atoms. The van der Waals surface area contributed by atoms with E-state index in [1.807, 2.05) is 78.9 Å². The van der Waals surface area contributed by atoms with Gasteiger partial charge in [0.25, 0.3) is 5.91 Å². The van der Waals surface area contributed by atoms with Gasteiger partial charge in [-0.25, -0.2) is 9.79 Å². The third-order valence-electron chi connectivity index (χ3n) is 5.57. The van der Waals surface area contributed by atoms with E-state index in [0.29, 0.717) is 11.4 Å². The predicted octanol–water partition coefficient (Wildman–Crippen LogP) is 4.57. The Morgan fingerprint density at radius 2 is 1.57 bits per heavy atom. The third-order valence-corrected chi connectivity index (χ3v) is 5.57. The van der Waals surface area contributed by atoms with E-state index in [2.05, 4.69) is 20.9 Å². The smallest absolute Gasteiger partial charge is 0.408 e. The summed E-state index contributed by atoms with van der Waals surface area (Å²) in [7, 11) is 0. The molecule has 3 amide bonds. The van der Waals surface area contributed by atoms with E-state index in [-0.39, 0.29) is 6.42 Å². The Balaban J connectivity index is 1.57. The van der Waals surface area contributed by atoms with Crippen molar-refractivity contribution in [1.82, 2.24) is 10.6 Å². The second kappa shape index (κ2) is 11.1. The zero-order valence-electron chi connectivity index (χ0n) is 21.0. The molecule has 8 heteroatoms. The fraction of sp³-hybridized carbons (Fsp3) is 0.241. The summed E-state index contributed by atoms with van der Waals surface area (Å²) in [5.41, 5.74) is 2.82. The van der Waals surface area contributed by atoms with Crippen molar-refractivity contribution in [3.63, 3.8) is 0 Å². The quantitative estimate of drug-likeness (QED) is 0.462. The van der Waals surface area contributed by atoms with E-state index in [4.69, 9.17) is 4.74 Å². The number of alkyl carbamates (subject to hydrolysis) is 1. The summed E-state index contributed by atoms with van der Waals surface area (Å²) < 4.78 is 5.39. The molecule has 0 aromatic heterocycles. The molecular formula is C29H30N4O4. The number of carbonyl (C=O) groups excluding carboxylic acids is 3. The molecule has 1 aliphatic rings. The van der Waals surface area contributed by atoms with Gasteiger partial charge in [0, 0.05) is 11.1 Å². The van der Waals surface area contributed by atoms with Gasteiger partial charge in [0.1, 0.15) is 5.60 Å². The molecule has 0 aliphatic carbocycles. The number of benzodiazepines with no additional fused rings is 1. The maximum atomic E-state index is 13.2. The molecule has 0 saturated carbocycles. The van der Waals surface area contributed by atoms with E-state index in [9.17, 15) is 14.4 Å². The molecule has 8 nitrogen and oxygen atoms in total. The fourth-order valence-corrected chi connectivity index (χ4v) is 3.97. The van der Waals surface area contributed by atoms with Crippen molar-refractivity contribution in [3.8, 4) is 0 Å². The lowest BCUT2D eigenvalue weighted by atomic mass is 10.0. The molecule has 0 radical (unpaired) electrons. The molecule has 3 N–H and O–H groups in total. The highest BCUT2D eigenvalue weighted by Crippen LogP contribution is 2.24. The second-order valence-corrected chi connectivity index (χ2v) is 9.66. The standard InChI is InChI=1S/C29H30N4O4/c1-29(2,3)37-28(36)31-23(19-12-6-4-7-13-19)18-24(34)32-26-27(35)30-22-17-11-10-16-21(22)25(33-26)20-14-8-5-9-15-20/h4-17,23,26H,18H2,1-3H3,(H,30,35)(H,31,36)(H,32,34). The van der Waals surface area contributed by atoms with Gasteiger partial charge < -0.3 is 20.7 Å². The molecule has 1 heterocycles. The van der Waals surface area contributed by atoms with Crippen LogP contribution in [0.5, 0.6) is 0 Å². The summed E-state index contributed by atoms with van der Waals surface area (Å²) in [6, 6.07) is 25.3. The number of aliphatic imine (C=N–C) groups is 1. The van der Waals surface area contributed by atoms with Gasteiger partial charge in [0.05, 0.1) is 23.9 Å². The van der Waals surface area contributed by atoms with Crippen LogP contribution >= 0.6 is 0 Å². The molecule has 4 rings (SSSR count). The average Bonchev–Trinajstić information content (AvgIpc) is 3.00. The van der Waals surface area contributed by atoms with Crippen LogP contribution in [0.2, 0.25) is 0 Å². The number of rotatable bonds is 6. The molecule has 3 aromatic rings. The number of carbonyl (C=O) groups is 3. The molecule has 37 heavy (non-hydrogen) atoms. The van der Waals surface area contributed by atoms with Crippen LogP contribution in [-0.4, -0.2) is 35.4 Å². The molecule has 1 aliphatic heterocycles. The van der Waals surface area contributed by atoms with Crippen molar-refractivity contribution >= 4 is 29.3 Å². The van der Waals surface area contributed by atoms with Gasteiger partial charge in [-0.1, -0.05) is 78.9 Å². The first kappa shape index (κ1) is 25.6. The Labute approximate surface area is 216 Å². The highest BCUT2D eigenvalue weighted by atomic mass is 16.6. The van der Waals surface area contributed by atoms with Crippen LogP contribution < -0.4 is 16.0 Å². The molecule has 190 valence electrons. The van der Waals surface area contributed by atoms with Crippen molar-refractivity contribution in [2.24, 2.45) is 4.99 Å². The number of amides is 3. The summed E-state index contributed by atoms with van der Waals surface area (Å²) in [6.07, 6.45) is -1.91. The predicted molar refractivity (Wildman–Crippen MR) is 142 cm³/mol. The lowest BCUT2D eigenvalue weighted by molar-refractivity contribution is -0.126. The summed E-state index contributed by atoms with van der Waals surface area (Å²) in [5, 5.41) is 8.37. The first-order chi connectivity index (χ1) is 17.7. The summed E-state index contributed by atoms with van der Waals surface area (Å²) in [4.78, 5) is 43.4. The van der Waals surface area contributed by atoms with Crippen molar-refractivity contribution < 1.29 is 19.1 Å². The molecular weight excluding hydrogens is 468 g/mol. The SMILES string of the molecule is CC(C)(C)OC(=O)NC(CC(=O)NC1N=C(c2ccccc2)c2ccccc2NC1=O)c1ccccc1. The number of hydrogen-bond acceptors (Lipinski definition) is 5. The number of nitrogens with zero attached hydrogens (tertiary/aromatic N) is 1. The maximum Gasteiger partial charge on any atom is 0.408 e. The minimum Gasteiger partial charge on any atom is -0.444 e. The zero-order valence-corrected chi connectivity index (χ0v) is 21.0. The first-order valence-corrected chi connectivity index (χ1v) is 12.1. The van der Waals surface area contributed by atoms with Crippen LogP contribution in [0.3, 0.4) is 0 Å². The minimum absolute atomic E-state index is 0.115. The van der Waals surface area contributed by atoms with Gasteiger partial charge in [-0.2, -0.15) is 0 Å². The summed E-state index contributed by atoms with van der Waals surface area (Å²) in [5.74, 6) is -0.907. The van der Waals surface area contributed by atoms with Crippen molar-refractivity contribution in [1.29, 1.82) is 0 Å². The zero-order chi connectivity index (χ0) is 26.4. The second-order valence-electron chi connectivity index (χ2n) is 9.66. The number of benzene rings is 3. The van der Waals surface area contributed by atoms with Crippen LogP contribution in [0, 0.1) is 0 Å². The van der Waals surface area contributed by atoms with Gasteiger partial charge in [-0.3, -0.25) is 9.59 Å². The molecule has 0 bridgehead atoms. The van der Waals surface area contributed by atoms with E-state index in [1.165, 1.54) is 0 Å². The number of ether oxygens (including phenoxy) is 1. The Morgan fingerprint density at radius 1 is 0.946 bits per heavy atom. The number of anilines is 1. The fourth-order valence-electron chi connectivity index (χ4n) is 3.97. The average molecular weight is 499 g/mol. The van der Waals surface area contributed by atoms with Crippen LogP contribution in [0.15, 0.2) is 89.9 Å². The van der Waals surface area contributed by atoms with Gasteiger partial charge in [-0.15, -0.1) is 0 Å². The van der Waals surface area contributed by atoms with E-state index < -0.39 is 35.7 Å². The Bertz CT molecular complexity index is 1300. The molecule has 0 saturated heterocycles. The topological polar surface area (TPSA) is 109 Å². The van der Waals surface area contributed by atoms with E-state index >= 15 is 0 Å². The Morgan fingerprint density at radius 3 is 2.24 bits per heavy atom. The number of nitrogens with one attached hydrogen (secondary N) is 3. The largest absolute Gasteiger partial charge is 0.444 e. The van der Waals surface area contributed by atoms with Gasteiger partial charge >= 0.3 is 6.09 Å². The monoisotopic (exact) mass is 498 g/mol. The summed E-state index contributed by atoms with van der Waals surface area (Å²) in [6.45, 7) is 5.30. The van der Waals surface area contributed by atoms with Gasteiger partial charge in [0.2, 0.25) is 12.1 Å². The number of para-hydroxylation sites is 1. The van der Waals surface area contributed by atoms with Crippen molar-refractivity contribution in [2.75, 3.05) is 5.32 Å². The van der Waals surface area contributed by atoms with Crippen molar-refractivity contribution in [3.05, 3.63) is 102 Å². The van der Waals surface area contributed by atoms with E-state index in [0.717, 1.165) is 16.7 Å². The normalized spacial score (nSPS) is 15.8. The van der Waals surface area contributed by atoms with Crippen LogP contribution in [0.4, 0.5) is 10.5 Å². The highest BCUT2D eigenvalue weighted by Gasteiger charge is 2.29. The molecule has 3 aromatic carbocycles. The number of hydrogen-bond donors (Lipinski definition) is 3. The molecule has 2 unspecified atom stereocenters. The lowest BCUT2D eigenvalue weighted by Gasteiger charge is -2.24. The van der Waals surface area contributed by atoms with Gasteiger partial charge in [-0.05, 0) is 32.4 Å². The third kappa shape index (κ3) is 6.82. The minimum atomic E-state index is -1.16. The first-order valence-electron chi connectivity index (χ1n) is 12.1. The molecule has 0 fully saturated rings. The highest BCUT2D eigenvalue weighted by molar-refractivity contribution is 6.19. The van der Waals surface area contributed by atoms with Crippen LogP contribution in [0.25, 0.3) is 0 Å². The molecule has 2 atom stereocenters. The van der Waals surface area contributed by atoms with Crippen LogP contribution in [-0.2, 0) is 14.3 Å². The number of fused-ring (bicyclic) bond motifs is 1. The van der Waals surface area contributed by atoms with E-state index in [1.54, 1.807) is 26.8 Å². The van der Waals surface area contributed by atoms with Gasteiger partial charge in [0.15, 0.2) is 0 Å². The Hall–Kier alpha value is -4.46. The maximum absolute atomic E-state index is 13.2.